The van der Waals surface area contributed by atoms with E-state index >= 15 is 0 Å². The number of rotatable bonds is 8. The Bertz CT molecular complexity index is 758. The van der Waals surface area contributed by atoms with Gasteiger partial charge in [0, 0.05) is 10.5 Å². The van der Waals surface area contributed by atoms with E-state index in [2.05, 4.69) is 11.4 Å². The number of methoxy groups -OCH3 is 1. The molecule has 2 aromatic rings. The standard InChI is InChI=1S/C19H21N3O2S/c1-22(13-15-6-5-7-16(12-15)24-2)14-19(23)21-17-8-3-4-9-18(17)25-11-10-20/h3-9,12H,11,13-14H2,1-2H3,(H,21,23)/p+1. The quantitative estimate of drug-likeness (QED) is 0.710. The number of benzene rings is 2. The number of amides is 1. The lowest BCUT2D eigenvalue weighted by Crippen LogP contribution is -3.08. The predicted octanol–water partition coefficient (Wildman–Crippen LogP) is 1.96. The molecule has 0 radical (unpaired) electrons. The Hall–Kier alpha value is -2.49. The predicted molar refractivity (Wildman–Crippen MR) is 99.9 cm³/mol. The van der Waals surface area contributed by atoms with Gasteiger partial charge in [0.15, 0.2) is 6.54 Å². The third-order valence-corrected chi connectivity index (χ3v) is 4.50. The van der Waals surface area contributed by atoms with Crippen LogP contribution in [0.25, 0.3) is 0 Å². The summed E-state index contributed by atoms with van der Waals surface area (Å²) in [6, 6.07) is 17.5. The van der Waals surface area contributed by atoms with Crippen molar-refractivity contribution in [1.82, 2.24) is 0 Å². The highest BCUT2D eigenvalue weighted by atomic mass is 32.2. The number of carbonyl (C=O) groups is 1. The SMILES string of the molecule is COc1cccc(C[NH+](C)CC(=O)Nc2ccccc2SCC#N)c1. The first-order chi connectivity index (χ1) is 12.1. The van der Waals surface area contributed by atoms with Crippen LogP contribution in [0, 0.1) is 11.3 Å². The number of nitrogens with one attached hydrogen (secondary N) is 2. The number of quaternary nitrogens is 1. The Morgan fingerprint density at radius 3 is 2.84 bits per heavy atom. The molecule has 0 saturated carbocycles. The fourth-order valence-electron chi connectivity index (χ4n) is 2.47. The number of nitriles is 1. The number of hydrogen-bond donors (Lipinski definition) is 2. The van der Waals surface area contributed by atoms with Crippen LogP contribution < -0.4 is 15.0 Å². The van der Waals surface area contributed by atoms with Crippen LogP contribution in [0.15, 0.2) is 53.4 Å². The second-order valence-corrected chi connectivity index (χ2v) is 6.67. The number of para-hydroxylation sites is 1. The van der Waals surface area contributed by atoms with E-state index in [1.54, 1.807) is 7.11 Å². The van der Waals surface area contributed by atoms with Crippen LogP contribution in [0.2, 0.25) is 0 Å². The minimum atomic E-state index is -0.0506. The molecule has 1 atom stereocenters. The summed E-state index contributed by atoms with van der Waals surface area (Å²) in [7, 11) is 3.63. The van der Waals surface area contributed by atoms with Crippen molar-refractivity contribution in [2.24, 2.45) is 0 Å². The van der Waals surface area contributed by atoms with Gasteiger partial charge in [-0.1, -0.05) is 24.3 Å². The number of thioether (sulfide) groups is 1. The van der Waals surface area contributed by atoms with Gasteiger partial charge in [0.05, 0.1) is 31.7 Å². The molecular weight excluding hydrogens is 334 g/mol. The van der Waals surface area contributed by atoms with Crippen molar-refractivity contribution in [3.05, 3.63) is 54.1 Å². The van der Waals surface area contributed by atoms with Crippen molar-refractivity contribution in [1.29, 1.82) is 5.26 Å². The van der Waals surface area contributed by atoms with Gasteiger partial charge in [-0.05, 0) is 24.3 Å². The maximum Gasteiger partial charge on any atom is 0.279 e. The Kier molecular flexibility index (Phi) is 7.33. The summed E-state index contributed by atoms with van der Waals surface area (Å²) in [5, 5.41) is 11.7. The molecule has 130 valence electrons. The fraction of sp³-hybridized carbons (Fsp3) is 0.263. The van der Waals surface area contributed by atoms with Crippen LogP contribution in [0.1, 0.15) is 5.56 Å². The maximum absolute atomic E-state index is 12.3. The highest BCUT2D eigenvalue weighted by Crippen LogP contribution is 2.26. The van der Waals surface area contributed by atoms with Crippen molar-refractivity contribution in [2.45, 2.75) is 11.4 Å². The zero-order valence-corrected chi connectivity index (χ0v) is 15.2. The van der Waals surface area contributed by atoms with Crippen LogP contribution in [0.3, 0.4) is 0 Å². The number of hydrogen-bond acceptors (Lipinski definition) is 4. The summed E-state index contributed by atoms with van der Waals surface area (Å²) < 4.78 is 5.23. The Morgan fingerprint density at radius 1 is 1.28 bits per heavy atom. The van der Waals surface area contributed by atoms with E-state index in [1.807, 2.05) is 55.6 Å². The molecule has 0 saturated heterocycles. The van der Waals surface area contributed by atoms with Crippen molar-refractivity contribution in [3.8, 4) is 11.8 Å². The molecule has 1 amide bonds. The largest absolute Gasteiger partial charge is 0.497 e. The third-order valence-electron chi connectivity index (χ3n) is 3.56. The lowest BCUT2D eigenvalue weighted by atomic mass is 10.2. The van der Waals surface area contributed by atoms with E-state index < -0.39 is 0 Å². The second kappa shape index (κ2) is 9.72. The molecule has 5 nitrogen and oxygen atoms in total. The molecule has 0 heterocycles. The van der Waals surface area contributed by atoms with Gasteiger partial charge < -0.3 is 15.0 Å². The van der Waals surface area contributed by atoms with Crippen molar-refractivity contribution >= 4 is 23.4 Å². The van der Waals surface area contributed by atoms with E-state index in [1.165, 1.54) is 11.8 Å². The number of carbonyl (C=O) groups excluding carboxylic acids is 1. The van der Waals surface area contributed by atoms with E-state index in [0.717, 1.165) is 33.3 Å². The lowest BCUT2D eigenvalue weighted by molar-refractivity contribution is -0.885. The molecule has 0 aliphatic carbocycles. The summed E-state index contributed by atoms with van der Waals surface area (Å²) in [6.07, 6.45) is 0. The van der Waals surface area contributed by atoms with E-state index in [-0.39, 0.29) is 5.91 Å². The van der Waals surface area contributed by atoms with Crippen molar-refractivity contribution in [3.63, 3.8) is 0 Å². The van der Waals surface area contributed by atoms with Gasteiger partial charge in [0.25, 0.3) is 5.91 Å². The van der Waals surface area contributed by atoms with Gasteiger partial charge in [-0.25, -0.2) is 0 Å². The minimum absolute atomic E-state index is 0.0506. The average Bonchev–Trinajstić information content (AvgIpc) is 2.61. The topological polar surface area (TPSA) is 66.6 Å². The maximum atomic E-state index is 12.3. The summed E-state index contributed by atoms with van der Waals surface area (Å²) in [4.78, 5) is 14.3. The molecule has 2 N–H and O–H groups in total. The van der Waals surface area contributed by atoms with Crippen LogP contribution in [0.4, 0.5) is 5.69 Å². The molecule has 2 rings (SSSR count). The first-order valence-corrected chi connectivity index (χ1v) is 8.93. The van der Waals surface area contributed by atoms with Gasteiger partial charge >= 0.3 is 0 Å². The molecule has 0 aromatic heterocycles. The molecule has 1 unspecified atom stereocenters. The van der Waals surface area contributed by atoms with E-state index in [9.17, 15) is 4.79 Å². The van der Waals surface area contributed by atoms with Crippen LogP contribution in [-0.2, 0) is 11.3 Å². The van der Waals surface area contributed by atoms with Gasteiger partial charge in [-0.15, -0.1) is 11.8 Å². The summed E-state index contributed by atoms with van der Waals surface area (Å²) in [6.45, 7) is 1.09. The summed E-state index contributed by atoms with van der Waals surface area (Å²) in [5.41, 5.74) is 1.87. The summed E-state index contributed by atoms with van der Waals surface area (Å²) >= 11 is 1.42. The zero-order valence-electron chi connectivity index (χ0n) is 14.4. The van der Waals surface area contributed by atoms with E-state index in [4.69, 9.17) is 10.00 Å². The number of ether oxygens (including phenoxy) is 1. The normalized spacial score (nSPS) is 11.4. The highest BCUT2D eigenvalue weighted by molar-refractivity contribution is 7.99. The number of likely N-dealkylation sites (N-methyl/N-ethyl adjacent to an activating group) is 1. The molecule has 0 aliphatic heterocycles. The Morgan fingerprint density at radius 2 is 2.08 bits per heavy atom. The molecule has 0 aliphatic rings. The molecular formula is C19H22N3O2S+. The molecule has 0 fully saturated rings. The third kappa shape index (κ3) is 6.14. The van der Waals surface area contributed by atoms with Gasteiger partial charge in [0.2, 0.25) is 0 Å². The van der Waals surface area contributed by atoms with Crippen molar-refractivity contribution in [2.75, 3.05) is 31.8 Å². The Labute approximate surface area is 152 Å². The highest BCUT2D eigenvalue weighted by Gasteiger charge is 2.13. The number of nitrogens with zero attached hydrogens (tertiary/aromatic N) is 1. The van der Waals surface area contributed by atoms with Crippen molar-refractivity contribution < 1.29 is 14.4 Å². The summed E-state index contributed by atoms with van der Waals surface area (Å²) in [5.74, 6) is 1.12. The van der Waals surface area contributed by atoms with Crippen LogP contribution >= 0.6 is 11.8 Å². The van der Waals surface area contributed by atoms with Gasteiger partial charge in [0.1, 0.15) is 12.3 Å². The van der Waals surface area contributed by atoms with Crippen LogP contribution in [-0.4, -0.2) is 32.4 Å². The molecule has 2 aromatic carbocycles. The second-order valence-electron chi connectivity index (χ2n) is 5.65. The molecule has 0 spiro atoms. The smallest absolute Gasteiger partial charge is 0.279 e. The Balaban J connectivity index is 1.92. The monoisotopic (exact) mass is 356 g/mol. The molecule has 6 heteroatoms. The van der Waals surface area contributed by atoms with Crippen LogP contribution in [0.5, 0.6) is 5.75 Å². The van der Waals surface area contributed by atoms with Gasteiger partial charge in [-0.2, -0.15) is 5.26 Å². The van der Waals surface area contributed by atoms with E-state index in [0.29, 0.717) is 12.3 Å². The lowest BCUT2D eigenvalue weighted by Gasteiger charge is -2.15. The first-order valence-electron chi connectivity index (χ1n) is 7.95. The molecule has 0 bridgehead atoms. The van der Waals surface area contributed by atoms with Gasteiger partial charge in [-0.3, -0.25) is 4.79 Å². The fourth-order valence-corrected chi connectivity index (χ4v) is 3.14. The average molecular weight is 356 g/mol. The number of anilines is 1. The zero-order chi connectivity index (χ0) is 18.1. The molecule has 25 heavy (non-hydrogen) atoms. The first kappa shape index (κ1) is 18.8. The minimum Gasteiger partial charge on any atom is -0.497 e.